The molecule has 0 aliphatic rings. The first-order chi connectivity index (χ1) is 7.52. The summed E-state index contributed by atoms with van der Waals surface area (Å²) in [7, 11) is 1.66. The third kappa shape index (κ3) is 3.89. The van der Waals surface area contributed by atoms with Crippen molar-refractivity contribution >= 4 is 34.9 Å². The Kier molecular flexibility index (Phi) is 4.86. The van der Waals surface area contributed by atoms with Gasteiger partial charge < -0.3 is 16.0 Å². The summed E-state index contributed by atoms with van der Waals surface area (Å²) in [5.41, 5.74) is 5.91. The fraction of sp³-hybridized carbons (Fsp3) is 0.300. The van der Waals surface area contributed by atoms with Crippen molar-refractivity contribution < 1.29 is 4.79 Å². The quantitative estimate of drug-likeness (QED) is 0.878. The molecule has 0 spiro atoms. The lowest BCUT2D eigenvalue weighted by molar-refractivity contribution is 0.223. The number of likely N-dealkylation sites (N-methyl/N-ethyl adjacent to an activating group) is 1. The van der Waals surface area contributed by atoms with Crippen LogP contribution in [0.5, 0.6) is 0 Å². The number of carbonyl (C=O) groups is 1. The van der Waals surface area contributed by atoms with E-state index in [0.29, 0.717) is 28.8 Å². The number of nitrogens with two attached hydrogens (primary N) is 1. The summed E-state index contributed by atoms with van der Waals surface area (Å²) in [6.45, 7) is 0.903. The van der Waals surface area contributed by atoms with Crippen LogP contribution in [0.4, 0.5) is 10.5 Å². The SMILES string of the molecule is CN(CCN)C(=O)Nc1cc(Cl)cc(Cl)c1. The van der Waals surface area contributed by atoms with E-state index in [-0.39, 0.29) is 6.03 Å². The molecule has 4 nitrogen and oxygen atoms in total. The Morgan fingerprint density at radius 3 is 2.44 bits per heavy atom. The molecular formula is C10H13Cl2N3O. The van der Waals surface area contributed by atoms with Crippen molar-refractivity contribution in [2.45, 2.75) is 0 Å². The minimum atomic E-state index is -0.246. The predicted octanol–water partition coefficient (Wildman–Crippen LogP) is 2.42. The molecule has 0 saturated carbocycles. The summed E-state index contributed by atoms with van der Waals surface area (Å²) in [6.07, 6.45) is 0. The van der Waals surface area contributed by atoms with Crippen LogP contribution in [0.1, 0.15) is 0 Å². The molecule has 0 aromatic heterocycles. The molecule has 0 aliphatic carbocycles. The number of amides is 2. The summed E-state index contributed by atoms with van der Waals surface area (Å²) in [4.78, 5) is 13.1. The van der Waals surface area contributed by atoms with E-state index in [1.54, 1.807) is 25.2 Å². The Bertz CT molecular complexity index is 364. The molecule has 88 valence electrons. The maximum Gasteiger partial charge on any atom is 0.321 e. The molecule has 1 aromatic rings. The minimum Gasteiger partial charge on any atom is -0.329 e. The standard InChI is InChI=1S/C10H13Cl2N3O/c1-15(3-2-13)10(16)14-9-5-7(11)4-8(12)6-9/h4-6H,2-3,13H2,1H3,(H,14,16). The molecule has 0 fully saturated rings. The van der Waals surface area contributed by atoms with E-state index in [4.69, 9.17) is 28.9 Å². The van der Waals surface area contributed by atoms with Crippen molar-refractivity contribution in [2.75, 3.05) is 25.5 Å². The topological polar surface area (TPSA) is 58.4 Å². The lowest BCUT2D eigenvalue weighted by Gasteiger charge is -2.17. The van der Waals surface area contributed by atoms with E-state index in [1.807, 2.05) is 0 Å². The Labute approximate surface area is 104 Å². The first-order valence-electron chi connectivity index (χ1n) is 4.71. The third-order valence-electron chi connectivity index (χ3n) is 1.93. The molecule has 1 aromatic carbocycles. The summed E-state index contributed by atoms with van der Waals surface area (Å²) in [6, 6.07) is 4.61. The molecule has 0 saturated heterocycles. The Balaban J connectivity index is 2.69. The number of nitrogens with one attached hydrogen (secondary N) is 1. The van der Waals surface area contributed by atoms with Crippen molar-refractivity contribution in [1.29, 1.82) is 0 Å². The van der Waals surface area contributed by atoms with Gasteiger partial charge in [0.1, 0.15) is 0 Å². The zero-order valence-electron chi connectivity index (χ0n) is 8.84. The zero-order valence-corrected chi connectivity index (χ0v) is 10.3. The average molecular weight is 262 g/mol. The van der Waals surface area contributed by atoms with Gasteiger partial charge in [-0.1, -0.05) is 23.2 Å². The first kappa shape index (κ1) is 13.1. The summed E-state index contributed by atoms with van der Waals surface area (Å²) in [5.74, 6) is 0. The van der Waals surface area contributed by atoms with Gasteiger partial charge in [0.05, 0.1) is 0 Å². The molecule has 0 atom stereocenters. The van der Waals surface area contributed by atoms with E-state index < -0.39 is 0 Å². The fourth-order valence-electron chi connectivity index (χ4n) is 1.14. The number of benzene rings is 1. The van der Waals surface area contributed by atoms with Gasteiger partial charge in [0.25, 0.3) is 0 Å². The van der Waals surface area contributed by atoms with Gasteiger partial charge in [0.15, 0.2) is 0 Å². The van der Waals surface area contributed by atoms with Gasteiger partial charge in [-0.15, -0.1) is 0 Å². The molecule has 0 heterocycles. The van der Waals surface area contributed by atoms with Crippen molar-refractivity contribution in [3.63, 3.8) is 0 Å². The second-order valence-electron chi connectivity index (χ2n) is 3.30. The van der Waals surface area contributed by atoms with Gasteiger partial charge in [0, 0.05) is 35.9 Å². The Morgan fingerprint density at radius 1 is 1.38 bits per heavy atom. The Hall–Kier alpha value is -0.970. The smallest absolute Gasteiger partial charge is 0.321 e. The van der Waals surface area contributed by atoms with Crippen LogP contribution in [0, 0.1) is 0 Å². The van der Waals surface area contributed by atoms with E-state index in [2.05, 4.69) is 5.32 Å². The van der Waals surface area contributed by atoms with E-state index in [0.717, 1.165) is 0 Å². The molecule has 0 radical (unpaired) electrons. The van der Waals surface area contributed by atoms with Crippen LogP contribution in [-0.4, -0.2) is 31.1 Å². The number of anilines is 1. The van der Waals surface area contributed by atoms with Crippen LogP contribution < -0.4 is 11.1 Å². The minimum absolute atomic E-state index is 0.246. The van der Waals surface area contributed by atoms with Crippen LogP contribution in [-0.2, 0) is 0 Å². The number of carbonyl (C=O) groups excluding carboxylic acids is 1. The van der Waals surface area contributed by atoms with Crippen LogP contribution in [0.3, 0.4) is 0 Å². The van der Waals surface area contributed by atoms with E-state index >= 15 is 0 Å². The molecule has 1 rings (SSSR count). The molecule has 3 N–H and O–H groups in total. The van der Waals surface area contributed by atoms with Gasteiger partial charge in [-0.05, 0) is 18.2 Å². The molecule has 0 bridgehead atoms. The largest absolute Gasteiger partial charge is 0.329 e. The highest BCUT2D eigenvalue weighted by molar-refractivity contribution is 6.35. The number of nitrogens with zero attached hydrogens (tertiary/aromatic N) is 1. The highest BCUT2D eigenvalue weighted by Crippen LogP contribution is 2.22. The second kappa shape index (κ2) is 5.94. The average Bonchev–Trinajstić information content (AvgIpc) is 2.16. The fourth-order valence-corrected chi connectivity index (χ4v) is 1.67. The number of urea groups is 1. The molecule has 16 heavy (non-hydrogen) atoms. The summed E-state index contributed by atoms with van der Waals surface area (Å²) >= 11 is 11.6. The van der Waals surface area contributed by atoms with Crippen LogP contribution in [0.25, 0.3) is 0 Å². The van der Waals surface area contributed by atoms with E-state index in [9.17, 15) is 4.79 Å². The lowest BCUT2D eigenvalue weighted by Crippen LogP contribution is -2.35. The highest BCUT2D eigenvalue weighted by Gasteiger charge is 2.08. The van der Waals surface area contributed by atoms with Gasteiger partial charge in [-0.2, -0.15) is 0 Å². The van der Waals surface area contributed by atoms with Crippen LogP contribution >= 0.6 is 23.2 Å². The third-order valence-corrected chi connectivity index (χ3v) is 2.36. The van der Waals surface area contributed by atoms with Crippen molar-refractivity contribution in [1.82, 2.24) is 4.90 Å². The van der Waals surface area contributed by atoms with Gasteiger partial charge in [-0.25, -0.2) is 4.79 Å². The Morgan fingerprint density at radius 2 is 1.94 bits per heavy atom. The number of halogens is 2. The van der Waals surface area contributed by atoms with Crippen molar-refractivity contribution in [2.24, 2.45) is 5.73 Å². The monoisotopic (exact) mass is 261 g/mol. The highest BCUT2D eigenvalue weighted by atomic mass is 35.5. The van der Waals surface area contributed by atoms with Crippen molar-refractivity contribution in [3.8, 4) is 0 Å². The lowest BCUT2D eigenvalue weighted by atomic mass is 10.3. The van der Waals surface area contributed by atoms with E-state index in [1.165, 1.54) is 4.90 Å². The molecule has 0 aliphatic heterocycles. The van der Waals surface area contributed by atoms with Crippen LogP contribution in [0.15, 0.2) is 18.2 Å². The van der Waals surface area contributed by atoms with Gasteiger partial charge >= 0.3 is 6.03 Å². The molecule has 6 heteroatoms. The second-order valence-corrected chi connectivity index (χ2v) is 4.17. The molecular weight excluding hydrogens is 249 g/mol. The van der Waals surface area contributed by atoms with Crippen LogP contribution in [0.2, 0.25) is 10.0 Å². The van der Waals surface area contributed by atoms with Crippen molar-refractivity contribution in [3.05, 3.63) is 28.2 Å². The molecule has 2 amide bonds. The summed E-state index contributed by atoms with van der Waals surface area (Å²) < 4.78 is 0. The van der Waals surface area contributed by atoms with Gasteiger partial charge in [0.2, 0.25) is 0 Å². The zero-order chi connectivity index (χ0) is 12.1. The molecule has 0 unspecified atom stereocenters. The maximum absolute atomic E-state index is 11.6. The maximum atomic E-state index is 11.6. The summed E-state index contributed by atoms with van der Waals surface area (Å²) in [5, 5.41) is 3.62. The number of hydrogen-bond donors (Lipinski definition) is 2. The first-order valence-corrected chi connectivity index (χ1v) is 5.47. The predicted molar refractivity (Wildman–Crippen MR) is 67.2 cm³/mol. The number of hydrogen-bond acceptors (Lipinski definition) is 2. The van der Waals surface area contributed by atoms with Gasteiger partial charge in [-0.3, -0.25) is 0 Å². The normalized spacial score (nSPS) is 10.0. The number of rotatable bonds is 3.